The van der Waals surface area contributed by atoms with E-state index in [9.17, 15) is 4.79 Å². The lowest BCUT2D eigenvalue weighted by molar-refractivity contribution is 0.00565. The van der Waals surface area contributed by atoms with Crippen molar-refractivity contribution in [1.82, 2.24) is 24.6 Å². The predicted octanol–water partition coefficient (Wildman–Crippen LogP) is 5.31. The van der Waals surface area contributed by atoms with Gasteiger partial charge in [0.2, 0.25) is 0 Å². The van der Waals surface area contributed by atoms with E-state index in [2.05, 4.69) is 36.0 Å². The van der Waals surface area contributed by atoms with Crippen LogP contribution in [0, 0.1) is 6.92 Å². The summed E-state index contributed by atoms with van der Waals surface area (Å²) in [6.45, 7) is 13.3. The number of methoxy groups -OCH3 is 1. The standard InChI is InChI=1S/C30H38N6O4/c1-18-14-35(15-19(2)36(18)29(37)40-30(4,5)6)23-11-21-9-10-25(32-28(21)31-13-23)24-12-22-16-34(7)33-26(22)20(3)27(24)39-17-38-8/h9-13,16,18-19H,14-15,17H2,1-8H3/t18-,19+. The normalized spacial score (nSPS) is 18.0. The molecule has 1 amide bonds. The van der Waals surface area contributed by atoms with Crippen LogP contribution in [-0.4, -0.2) is 75.4 Å². The molecule has 212 valence electrons. The van der Waals surface area contributed by atoms with E-state index in [0.717, 1.165) is 38.8 Å². The molecule has 0 unspecified atom stereocenters. The third-order valence-electron chi connectivity index (χ3n) is 7.11. The molecule has 1 aliphatic rings. The van der Waals surface area contributed by atoms with Crippen LogP contribution in [0.5, 0.6) is 5.75 Å². The maximum Gasteiger partial charge on any atom is 0.410 e. The summed E-state index contributed by atoms with van der Waals surface area (Å²) in [7, 11) is 3.51. The topological polar surface area (TPSA) is 94.8 Å². The first-order valence-electron chi connectivity index (χ1n) is 13.6. The number of aromatic nitrogens is 4. The Bertz CT molecular complexity index is 1550. The maximum atomic E-state index is 12.8. The third kappa shape index (κ3) is 5.40. The van der Waals surface area contributed by atoms with Crippen molar-refractivity contribution in [3.05, 3.63) is 42.2 Å². The van der Waals surface area contributed by atoms with E-state index in [1.165, 1.54) is 0 Å². The van der Waals surface area contributed by atoms with Gasteiger partial charge < -0.3 is 19.1 Å². The molecule has 1 aliphatic heterocycles. The summed E-state index contributed by atoms with van der Waals surface area (Å²) in [6.07, 6.45) is 3.58. The summed E-state index contributed by atoms with van der Waals surface area (Å²) in [5.74, 6) is 0.697. The Hall–Kier alpha value is -3.92. The summed E-state index contributed by atoms with van der Waals surface area (Å²) >= 11 is 0. The molecule has 1 aromatic carbocycles. The number of nitrogens with zero attached hydrogens (tertiary/aromatic N) is 6. The van der Waals surface area contributed by atoms with Gasteiger partial charge in [0, 0.05) is 55.3 Å². The van der Waals surface area contributed by atoms with E-state index in [1.54, 1.807) is 11.8 Å². The molecule has 10 nitrogen and oxygen atoms in total. The van der Waals surface area contributed by atoms with Gasteiger partial charge in [0.05, 0.1) is 35.2 Å². The van der Waals surface area contributed by atoms with Crippen LogP contribution < -0.4 is 9.64 Å². The van der Waals surface area contributed by atoms with Crippen molar-refractivity contribution in [3.8, 4) is 17.0 Å². The molecule has 0 N–H and O–H groups in total. The molecule has 2 atom stereocenters. The molecule has 0 spiro atoms. The number of anilines is 1. The second kappa shape index (κ2) is 10.6. The van der Waals surface area contributed by atoms with Crippen LogP contribution >= 0.6 is 0 Å². The monoisotopic (exact) mass is 546 g/mol. The fraction of sp³-hybridized carbons (Fsp3) is 0.467. The number of rotatable bonds is 5. The Morgan fingerprint density at radius 3 is 2.50 bits per heavy atom. The number of hydrogen-bond acceptors (Lipinski definition) is 8. The molecular weight excluding hydrogens is 508 g/mol. The number of piperazine rings is 1. The minimum Gasteiger partial charge on any atom is -0.466 e. The quantitative estimate of drug-likeness (QED) is 0.311. The van der Waals surface area contributed by atoms with Crippen molar-refractivity contribution in [2.75, 3.05) is 31.9 Å². The summed E-state index contributed by atoms with van der Waals surface area (Å²) in [5.41, 5.74) is 4.57. The van der Waals surface area contributed by atoms with Crippen LogP contribution in [0.25, 0.3) is 33.2 Å². The van der Waals surface area contributed by atoms with Crippen molar-refractivity contribution < 1.29 is 19.0 Å². The van der Waals surface area contributed by atoms with E-state index < -0.39 is 5.60 Å². The number of ether oxygens (including phenoxy) is 3. The Balaban J connectivity index is 1.43. The predicted molar refractivity (Wildman–Crippen MR) is 156 cm³/mol. The van der Waals surface area contributed by atoms with Crippen molar-refractivity contribution in [2.24, 2.45) is 7.05 Å². The first-order chi connectivity index (χ1) is 18.9. The lowest BCUT2D eigenvalue weighted by atomic mass is 10.0. The zero-order valence-electron chi connectivity index (χ0n) is 24.6. The van der Waals surface area contributed by atoms with Gasteiger partial charge in [0.25, 0.3) is 0 Å². The summed E-state index contributed by atoms with van der Waals surface area (Å²) in [6, 6.07) is 8.18. The minimum atomic E-state index is -0.527. The van der Waals surface area contributed by atoms with Crippen LogP contribution in [0.1, 0.15) is 40.2 Å². The summed E-state index contributed by atoms with van der Waals surface area (Å²) in [4.78, 5) is 26.6. The van der Waals surface area contributed by atoms with Crippen LogP contribution in [0.15, 0.2) is 36.7 Å². The van der Waals surface area contributed by atoms with Gasteiger partial charge in [-0.25, -0.2) is 14.8 Å². The number of fused-ring (bicyclic) bond motifs is 2. The lowest BCUT2D eigenvalue weighted by Crippen LogP contribution is -2.59. The number of carbonyl (C=O) groups excluding carboxylic acids is 1. The van der Waals surface area contributed by atoms with Crippen LogP contribution in [-0.2, 0) is 16.5 Å². The van der Waals surface area contributed by atoms with Crippen molar-refractivity contribution >= 4 is 33.7 Å². The highest BCUT2D eigenvalue weighted by atomic mass is 16.7. The second-order valence-corrected chi connectivity index (χ2v) is 11.6. The Morgan fingerprint density at radius 1 is 1.10 bits per heavy atom. The molecule has 40 heavy (non-hydrogen) atoms. The first kappa shape index (κ1) is 27.6. The molecule has 3 aromatic heterocycles. The van der Waals surface area contributed by atoms with Crippen molar-refractivity contribution in [1.29, 1.82) is 0 Å². The molecule has 0 aliphatic carbocycles. The number of pyridine rings is 2. The molecule has 1 fully saturated rings. The van der Waals surface area contributed by atoms with Crippen LogP contribution in [0.3, 0.4) is 0 Å². The summed E-state index contributed by atoms with van der Waals surface area (Å²) < 4.78 is 18.6. The highest BCUT2D eigenvalue weighted by Crippen LogP contribution is 2.38. The average molecular weight is 547 g/mol. The fourth-order valence-electron chi connectivity index (χ4n) is 5.46. The SMILES string of the molecule is COCOc1c(-c2ccc3cc(N4C[C@@H](C)N(C(=O)OC(C)(C)C)[C@@H](C)C4)cnc3n2)cc2cn(C)nc2c1C. The van der Waals surface area contributed by atoms with Gasteiger partial charge in [-0.1, -0.05) is 0 Å². The molecule has 4 aromatic rings. The molecule has 10 heteroatoms. The number of aryl methyl sites for hydroxylation is 2. The Kier molecular flexibility index (Phi) is 7.31. The van der Waals surface area contributed by atoms with Gasteiger partial charge in [-0.15, -0.1) is 0 Å². The number of benzene rings is 1. The number of carbonyl (C=O) groups is 1. The molecule has 4 heterocycles. The van der Waals surface area contributed by atoms with Crippen LogP contribution in [0.4, 0.5) is 10.5 Å². The third-order valence-corrected chi connectivity index (χ3v) is 7.11. The molecule has 1 saturated heterocycles. The summed E-state index contributed by atoms with van der Waals surface area (Å²) in [5, 5.41) is 6.54. The largest absolute Gasteiger partial charge is 0.466 e. The van der Waals surface area contributed by atoms with Gasteiger partial charge in [-0.2, -0.15) is 5.10 Å². The molecule has 0 bridgehead atoms. The number of hydrogen-bond donors (Lipinski definition) is 0. The van der Waals surface area contributed by atoms with Gasteiger partial charge in [0.15, 0.2) is 12.4 Å². The molecule has 5 rings (SSSR count). The smallest absolute Gasteiger partial charge is 0.410 e. The van der Waals surface area contributed by atoms with Crippen LogP contribution in [0.2, 0.25) is 0 Å². The lowest BCUT2D eigenvalue weighted by Gasteiger charge is -2.45. The zero-order chi connectivity index (χ0) is 28.8. The van der Waals surface area contributed by atoms with Gasteiger partial charge in [-0.3, -0.25) is 9.58 Å². The highest BCUT2D eigenvalue weighted by Gasteiger charge is 2.35. The van der Waals surface area contributed by atoms with Gasteiger partial charge >= 0.3 is 6.09 Å². The van der Waals surface area contributed by atoms with Gasteiger partial charge in [0.1, 0.15) is 11.4 Å². The number of amides is 1. The van der Waals surface area contributed by atoms with E-state index >= 15 is 0 Å². The Morgan fingerprint density at radius 2 is 1.82 bits per heavy atom. The minimum absolute atomic E-state index is 0.00838. The van der Waals surface area contributed by atoms with E-state index in [-0.39, 0.29) is 25.0 Å². The second-order valence-electron chi connectivity index (χ2n) is 11.6. The zero-order valence-corrected chi connectivity index (χ0v) is 24.6. The van der Waals surface area contributed by atoms with E-state index in [4.69, 9.17) is 24.2 Å². The van der Waals surface area contributed by atoms with Crippen molar-refractivity contribution in [3.63, 3.8) is 0 Å². The van der Waals surface area contributed by atoms with Gasteiger partial charge in [-0.05, 0) is 65.8 Å². The maximum absolute atomic E-state index is 12.8. The molecule has 0 saturated carbocycles. The Labute approximate surface area is 234 Å². The first-order valence-corrected chi connectivity index (χ1v) is 13.6. The highest BCUT2D eigenvalue weighted by molar-refractivity contribution is 5.92. The van der Waals surface area contributed by atoms with E-state index in [0.29, 0.717) is 24.5 Å². The fourth-order valence-corrected chi connectivity index (χ4v) is 5.46. The van der Waals surface area contributed by atoms with Crippen molar-refractivity contribution in [2.45, 2.75) is 59.2 Å². The molecular formula is C30H38N6O4. The molecule has 0 radical (unpaired) electrons. The average Bonchev–Trinajstić information content (AvgIpc) is 3.26. The van der Waals surface area contributed by atoms with E-state index in [1.807, 2.05) is 64.2 Å².